The lowest BCUT2D eigenvalue weighted by Crippen LogP contribution is -2.41. The molecule has 1 rings (SSSR count). The van der Waals surface area contributed by atoms with E-state index in [4.69, 9.17) is 5.73 Å². The molecule has 0 fully saturated rings. The number of nitrogens with zero attached hydrogens (tertiary/aromatic N) is 1. The highest BCUT2D eigenvalue weighted by atomic mass is 32.1. The van der Waals surface area contributed by atoms with Crippen LogP contribution in [0.4, 0.5) is 0 Å². The standard InChI is InChI=1S/C10H17N3OS/c1-7(8-4-15-6-13-8)12-5-10(2,3)9(11)14/h4,6-7,12H,5H2,1-3H3,(H2,11,14). The molecular formula is C10H17N3OS. The predicted molar refractivity (Wildman–Crippen MR) is 61.5 cm³/mol. The number of thiazole rings is 1. The quantitative estimate of drug-likeness (QED) is 0.797. The second kappa shape index (κ2) is 4.72. The molecule has 0 bridgehead atoms. The first-order valence-corrected chi connectivity index (χ1v) is 5.79. The van der Waals surface area contributed by atoms with E-state index < -0.39 is 5.41 Å². The molecule has 0 aliphatic carbocycles. The Morgan fingerprint density at radius 2 is 2.40 bits per heavy atom. The minimum atomic E-state index is -0.524. The van der Waals surface area contributed by atoms with Crippen LogP contribution in [0.1, 0.15) is 32.5 Å². The SMILES string of the molecule is CC(NCC(C)(C)C(N)=O)c1cscn1. The van der Waals surface area contributed by atoms with E-state index in [0.29, 0.717) is 6.54 Å². The Balaban J connectivity index is 2.47. The van der Waals surface area contributed by atoms with Gasteiger partial charge in [0.05, 0.1) is 16.6 Å². The minimum Gasteiger partial charge on any atom is -0.369 e. The van der Waals surface area contributed by atoms with E-state index in [1.54, 1.807) is 16.8 Å². The fourth-order valence-corrected chi connectivity index (χ4v) is 1.68. The Kier molecular flexibility index (Phi) is 3.82. The molecule has 1 aromatic rings. The van der Waals surface area contributed by atoms with Gasteiger partial charge in [-0.2, -0.15) is 0 Å². The maximum atomic E-state index is 11.1. The summed E-state index contributed by atoms with van der Waals surface area (Å²) in [5.41, 5.74) is 7.56. The number of carbonyl (C=O) groups excluding carboxylic acids is 1. The summed E-state index contributed by atoms with van der Waals surface area (Å²) in [6.45, 7) is 6.24. The molecule has 1 atom stereocenters. The molecule has 4 nitrogen and oxygen atoms in total. The molecule has 0 aliphatic rings. The Morgan fingerprint density at radius 3 is 2.87 bits per heavy atom. The van der Waals surface area contributed by atoms with Crippen molar-refractivity contribution in [3.05, 3.63) is 16.6 Å². The normalized spacial score (nSPS) is 13.8. The lowest BCUT2D eigenvalue weighted by atomic mass is 9.92. The summed E-state index contributed by atoms with van der Waals surface area (Å²) < 4.78 is 0. The molecule has 84 valence electrons. The largest absolute Gasteiger partial charge is 0.369 e. The van der Waals surface area contributed by atoms with Crippen LogP contribution < -0.4 is 11.1 Å². The van der Waals surface area contributed by atoms with Crippen molar-refractivity contribution in [2.24, 2.45) is 11.1 Å². The lowest BCUT2D eigenvalue weighted by molar-refractivity contribution is -0.125. The zero-order chi connectivity index (χ0) is 11.5. The number of hydrogen-bond acceptors (Lipinski definition) is 4. The predicted octanol–water partition coefficient (Wildman–Crippen LogP) is 1.31. The fourth-order valence-electron chi connectivity index (χ4n) is 1.04. The fraction of sp³-hybridized carbons (Fsp3) is 0.600. The summed E-state index contributed by atoms with van der Waals surface area (Å²) in [4.78, 5) is 15.3. The Hall–Kier alpha value is -0.940. The van der Waals surface area contributed by atoms with Crippen LogP contribution in [0.2, 0.25) is 0 Å². The zero-order valence-corrected chi connectivity index (χ0v) is 10.1. The molecule has 0 spiro atoms. The Morgan fingerprint density at radius 1 is 1.73 bits per heavy atom. The molecule has 0 saturated carbocycles. The van der Waals surface area contributed by atoms with Crippen molar-refractivity contribution in [3.8, 4) is 0 Å². The highest BCUT2D eigenvalue weighted by Crippen LogP contribution is 2.16. The average Bonchev–Trinajstić information content (AvgIpc) is 2.66. The van der Waals surface area contributed by atoms with Crippen LogP contribution >= 0.6 is 11.3 Å². The van der Waals surface area contributed by atoms with Crippen molar-refractivity contribution < 1.29 is 4.79 Å². The van der Waals surface area contributed by atoms with Crippen LogP contribution in [0, 0.1) is 5.41 Å². The number of rotatable bonds is 5. The molecule has 1 unspecified atom stereocenters. The maximum Gasteiger partial charge on any atom is 0.224 e. The third-order valence-corrected chi connectivity index (χ3v) is 3.02. The second-order valence-corrected chi connectivity index (χ2v) is 4.98. The average molecular weight is 227 g/mol. The highest BCUT2D eigenvalue weighted by molar-refractivity contribution is 7.07. The van der Waals surface area contributed by atoms with Gasteiger partial charge in [0.1, 0.15) is 0 Å². The van der Waals surface area contributed by atoms with Crippen LogP contribution in [0.15, 0.2) is 10.9 Å². The van der Waals surface area contributed by atoms with Crippen LogP contribution in [-0.4, -0.2) is 17.4 Å². The van der Waals surface area contributed by atoms with E-state index in [9.17, 15) is 4.79 Å². The molecule has 15 heavy (non-hydrogen) atoms. The van der Waals surface area contributed by atoms with Gasteiger partial charge < -0.3 is 11.1 Å². The van der Waals surface area contributed by atoms with E-state index in [2.05, 4.69) is 10.3 Å². The third kappa shape index (κ3) is 3.28. The molecule has 1 amide bonds. The number of amides is 1. The topological polar surface area (TPSA) is 68.0 Å². The lowest BCUT2D eigenvalue weighted by Gasteiger charge is -2.23. The van der Waals surface area contributed by atoms with Gasteiger partial charge in [0, 0.05) is 18.0 Å². The van der Waals surface area contributed by atoms with Gasteiger partial charge in [0.15, 0.2) is 0 Å². The number of nitrogens with two attached hydrogens (primary N) is 1. The number of aromatic nitrogens is 1. The van der Waals surface area contributed by atoms with Crippen molar-refractivity contribution in [1.82, 2.24) is 10.3 Å². The van der Waals surface area contributed by atoms with Crippen molar-refractivity contribution in [3.63, 3.8) is 0 Å². The van der Waals surface area contributed by atoms with E-state index in [-0.39, 0.29) is 11.9 Å². The first kappa shape index (κ1) is 12.1. The molecule has 0 aliphatic heterocycles. The summed E-state index contributed by atoms with van der Waals surface area (Å²) >= 11 is 1.56. The summed E-state index contributed by atoms with van der Waals surface area (Å²) in [7, 11) is 0. The molecule has 1 aromatic heterocycles. The smallest absolute Gasteiger partial charge is 0.224 e. The molecule has 0 aromatic carbocycles. The number of nitrogens with one attached hydrogen (secondary N) is 1. The third-order valence-electron chi connectivity index (χ3n) is 2.41. The molecule has 0 radical (unpaired) electrons. The maximum absolute atomic E-state index is 11.1. The van der Waals surface area contributed by atoms with Gasteiger partial charge in [-0.1, -0.05) is 0 Å². The van der Waals surface area contributed by atoms with E-state index >= 15 is 0 Å². The highest BCUT2D eigenvalue weighted by Gasteiger charge is 2.25. The van der Waals surface area contributed by atoms with Crippen LogP contribution in [0.5, 0.6) is 0 Å². The van der Waals surface area contributed by atoms with Crippen molar-refractivity contribution >= 4 is 17.2 Å². The van der Waals surface area contributed by atoms with Crippen LogP contribution in [-0.2, 0) is 4.79 Å². The molecular weight excluding hydrogens is 210 g/mol. The van der Waals surface area contributed by atoms with E-state index in [1.165, 1.54) is 0 Å². The number of hydrogen-bond donors (Lipinski definition) is 2. The van der Waals surface area contributed by atoms with Crippen LogP contribution in [0.25, 0.3) is 0 Å². The monoisotopic (exact) mass is 227 g/mol. The molecule has 3 N–H and O–H groups in total. The van der Waals surface area contributed by atoms with Gasteiger partial charge in [-0.05, 0) is 20.8 Å². The van der Waals surface area contributed by atoms with Crippen LogP contribution in [0.3, 0.4) is 0 Å². The zero-order valence-electron chi connectivity index (χ0n) is 9.28. The Labute approximate surface area is 93.9 Å². The minimum absolute atomic E-state index is 0.148. The summed E-state index contributed by atoms with van der Waals surface area (Å²) in [5.74, 6) is -0.291. The molecule has 0 saturated heterocycles. The van der Waals surface area contributed by atoms with Gasteiger partial charge in [0.25, 0.3) is 0 Å². The van der Waals surface area contributed by atoms with Crippen molar-refractivity contribution in [2.45, 2.75) is 26.8 Å². The van der Waals surface area contributed by atoms with Gasteiger partial charge in [-0.15, -0.1) is 11.3 Å². The summed E-state index contributed by atoms with van der Waals surface area (Å²) in [6, 6.07) is 0.148. The van der Waals surface area contributed by atoms with Crippen molar-refractivity contribution in [1.29, 1.82) is 0 Å². The van der Waals surface area contributed by atoms with E-state index in [1.807, 2.05) is 26.2 Å². The van der Waals surface area contributed by atoms with E-state index in [0.717, 1.165) is 5.69 Å². The number of primary amides is 1. The first-order valence-electron chi connectivity index (χ1n) is 4.85. The Bertz CT molecular complexity index is 321. The van der Waals surface area contributed by atoms with Gasteiger partial charge in [-0.3, -0.25) is 4.79 Å². The summed E-state index contributed by atoms with van der Waals surface area (Å²) in [6.07, 6.45) is 0. The van der Waals surface area contributed by atoms with Crippen molar-refractivity contribution in [2.75, 3.05) is 6.54 Å². The van der Waals surface area contributed by atoms with Gasteiger partial charge in [0.2, 0.25) is 5.91 Å². The second-order valence-electron chi connectivity index (χ2n) is 4.26. The van der Waals surface area contributed by atoms with Gasteiger partial charge in [-0.25, -0.2) is 4.98 Å². The number of carbonyl (C=O) groups is 1. The molecule has 1 heterocycles. The summed E-state index contributed by atoms with van der Waals surface area (Å²) in [5, 5.41) is 5.24. The molecule has 5 heteroatoms. The van der Waals surface area contributed by atoms with Gasteiger partial charge >= 0.3 is 0 Å². The first-order chi connectivity index (χ1) is 6.93.